The minimum atomic E-state index is -4.33. The summed E-state index contributed by atoms with van der Waals surface area (Å²) < 4.78 is 42.8. The van der Waals surface area contributed by atoms with E-state index in [1.807, 2.05) is 31.3 Å². The van der Waals surface area contributed by atoms with Gasteiger partial charge in [0.2, 0.25) is 0 Å². The first-order valence-electron chi connectivity index (χ1n) is 8.65. The van der Waals surface area contributed by atoms with Crippen molar-refractivity contribution in [2.24, 2.45) is 0 Å². The van der Waals surface area contributed by atoms with Gasteiger partial charge in [0, 0.05) is 12.1 Å². The van der Waals surface area contributed by atoms with Gasteiger partial charge in [0.1, 0.15) is 12.3 Å². The van der Waals surface area contributed by atoms with Crippen molar-refractivity contribution in [1.82, 2.24) is 5.32 Å². The van der Waals surface area contributed by atoms with Crippen LogP contribution in [0.15, 0.2) is 48.5 Å². The molecule has 2 rings (SSSR count). The number of benzene rings is 2. The van der Waals surface area contributed by atoms with E-state index in [1.54, 1.807) is 7.11 Å². The monoisotopic (exact) mass is 381 g/mol. The van der Waals surface area contributed by atoms with E-state index in [4.69, 9.17) is 4.74 Å². The SMILES string of the molecule is COc1ccc(CCNC(=O)C[NH+](C)Cc2ccc(C(F)(F)F)cc2)cc1. The van der Waals surface area contributed by atoms with Crippen LogP contribution in [0.5, 0.6) is 5.75 Å². The number of likely N-dealkylation sites (N-methyl/N-ethyl adjacent to an activating group) is 1. The molecule has 0 saturated carbocycles. The molecule has 1 unspecified atom stereocenters. The number of carbonyl (C=O) groups is 1. The minimum absolute atomic E-state index is 0.0899. The first kappa shape index (κ1) is 20.8. The van der Waals surface area contributed by atoms with Crippen LogP contribution in [-0.2, 0) is 23.9 Å². The van der Waals surface area contributed by atoms with Crippen LogP contribution in [0.25, 0.3) is 0 Å². The van der Waals surface area contributed by atoms with Crippen molar-refractivity contribution in [2.75, 3.05) is 27.2 Å². The normalized spacial score (nSPS) is 12.5. The van der Waals surface area contributed by atoms with Crippen LogP contribution in [0.3, 0.4) is 0 Å². The van der Waals surface area contributed by atoms with Crippen molar-refractivity contribution in [3.05, 3.63) is 65.2 Å². The first-order valence-corrected chi connectivity index (χ1v) is 8.65. The number of hydrogen-bond donors (Lipinski definition) is 2. The van der Waals surface area contributed by atoms with Crippen LogP contribution in [0.2, 0.25) is 0 Å². The van der Waals surface area contributed by atoms with Crippen molar-refractivity contribution < 1.29 is 27.6 Å². The van der Waals surface area contributed by atoms with Crippen LogP contribution in [0, 0.1) is 0 Å². The van der Waals surface area contributed by atoms with Gasteiger partial charge in [-0.25, -0.2) is 0 Å². The van der Waals surface area contributed by atoms with E-state index < -0.39 is 11.7 Å². The average Bonchev–Trinajstić information content (AvgIpc) is 2.62. The van der Waals surface area contributed by atoms with Crippen molar-refractivity contribution in [1.29, 1.82) is 0 Å². The molecular formula is C20H24F3N2O2+. The van der Waals surface area contributed by atoms with E-state index in [-0.39, 0.29) is 12.5 Å². The van der Waals surface area contributed by atoms with Gasteiger partial charge in [0.05, 0.1) is 19.7 Å². The molecule has 2 aromatic carbocycles. The number of rotatable bonds is 8. The number of alkyl halides is 3. The molecule has 146 valence electrons. The largest absolute Gasteiger partial charge is 0.497 e. The van der Waals surface area contributed by atoms with Crippen LogP contribution in [-0.4, -0.2) is 33.2 Å². The maximum Gasteiger partial charge on any atom is 0.416 e. The Morgan fingerprint density at radius 3 is 2.19 bits per heavy atom. The van der Waals surface area contributed by atoms with Gasteiger partial charge < -0.3 is 15.0 Å². The molecule has 27 heavy (non-hydrogen) atoms. The van der Waals surface area contributed by atoms with Crippen molar-refractivity contribution in [3.8, 4) is 5.75 Å². The highest BCUT2D eigenvalue weighted by atomic mass is 19.4. The Hall–Kier alpha value is -2.54. The topological polar surface area (TPSA) is 42.8 Å². The summed E-state index contributed by atoms with van der Waals surface area (Å²) in [6, 6.07) is 12.7. The lowest BCUT2D eigenvalue weighted by molar-refractivity contribution is -0.885. The zero-order valence-corrected chi connectivity index (χ0v) is 15.4. The predicted molar refractivity (Wildman–Crippen MR) is 96.6 cm³/mol. The lowest BCUT2D eigenvalue weighted by atomic mass is 10.1. The molecule has 0 aliphatic carbocycles. The zero-order chi connectivity index (χ0) is 19.9. The van der Waals surface area contributed by atoms with Crippen LogP contribution in [0.4, 0.5) is 13.2 Å². The summed E-state index contributed by atoms with van der Waals surface area (Å²) in [7, 11) is 3.44. The van der Waals surface area contributed by atoms with E-state index in [1.165, 1.54) is 12.1 Å². The second-order valence-corrected chi connectivity index (χ2v) is 6.45. The Bertz CT molecular complexity index is 728. The molecule has 0 saturated heterocycles. The van der Waals surface area contributed by atoms with Gasteiger partial charge in [-0.2, -0.15) is 13.2 Å². The molecule has 7 heteroatoms. The fourth-order valence-electron chi connectivity index (χ4n) is 2.70. The predicted octanol–water partition coefficient (Wildman–Crippen LogP) is 2.09. The summed E-state index contributed by atoms with van der Waals surface area (Å²) in [6.45, 7) is 1.26. The molecule has 0 aliphatic heterocycles. The number of nitrogens with one attached hydrogen (secondary N) is 2. The maximum absolute atomic E-state index is 12.6. The Balaban J connectivity index is 1.73. The number of methoxy groups -OCH3 is 1. The Labute approximate surface area is 156 Å². The smallest absolute Gasteiger partial charge is 0.416 e. The second-order valence-electron chi connectivity index (χ2n) is 6.45. The van der Waals surface area contributed by atoms with Crippen LogP contribution < -0.4 is 15.0 Å². The molecule has 0 heterocycles. The van der Waals surface area contributed by atoms with Crippen molar-refractivity contribution in [2.45, 2.75) is 19.1 Å². The highest BCUT2D eigenvalue weighted by Gasteiger charge is 2.30. The number of amides is 1. The number of halogens is 3. The summed E-state index contributed by atoms with van der Waals surface area (Å²) in [5.74, 6) is 0.698. The highest BCUT2D eigenvalue weighted by molar-refractivity contribution is 5.76. The zero-order valence-electron chi connectivity index (χ0n) is 15.4. The molecule has 2 N–H and O–H groups in total. The van der Waals surface area contributed by atoms with E-state index in [0.717, 1.165) is 33.9 Å². The molecule has 1 atom stereocenters. The molecule has 0 bridgehead atoms. The van der Waals surface area contributed by atoms with E-state index in [0.29, 0.717) is 19.5 Å². The van der Waals surface area contributed by atoms with Gasteiger partial charge in [-0.05, 0) is 36.2 Å². The number of hydrogen-bond acceptors (Lipinski definition) is 2. The number of carbonyl (C=O) groups excluding carboxylic acids is 1. The quantitative estimate of drug-likeness (QED) is 0.735. The molecule has 0 fully saturated rings. The van der Waals surface area contributed by atoms with Gasteiger partial charge >= 0.3 is 6.18 Å². The summed E-state index contributed by atoms with van der Waals surface area (Å²) in [4.78, 5) is 12.9. The van der Waals surface area contributed by atoms with Gasteiger partial charge in [0.25, 0.3) is 5.91 Å². The lowest BCUT2D eigenvalue weighted by Crippen LogP contribution is -3.08. The van der Waals surface area contributed by atoms with E-state index in [2.05, 4.69) is 5.32 Å². The highest BCUT2D eigenvalue weighted by Crippen LogP contribution is 2.28. The van der Waals surface area contributed by atoms with Crippen molar-refractivity contribution in [3.63, 3.8) is 0 Å². The average molecular weight is 381 g/mol. The van der Waals surface area contributed by atoms with Crippen LogP contribution >= 0.6 is 0 Å². The molecule has 2 aromatic rings. The Morgan fingerprint density at radius 2 is 1.63 bits per heavy atom. The molecule has 1 amide bonds. The summed E-state index contributed by atoms with van der Waals surface area (Å²) in [5.41, 5.74) is 1.19. The third-order valence-corrected chi connectivity index (χ3v) is 4.14. The van der Waals surface area contributed by atoms with Crippen molar-refractivity contribution >= 4 is 5.91 Å². The molecule has 0 spiro atoms. The fraction of sp³-hybridized carbons (Fsp3) is 0.350. The fourth-order valence-corrected chi connectivity index (χ4v) is 2.70. The second kappa shape index (κ2) is 9.41. The Morgan fingerprint density at radius 1 is 1.04 bits per heavy atom. The van der Waals surface area contributed by atoms with Gasteiger partial charge in [-0.1, -0.05) is 24.3 Å². The molecule has 0 aromatic heterocycles. The molecule has 4 nitrogen and oxygen atoms in total. The summed E-state index contributed by atoms with van der Waals surface area (Å²) in [6.07, 6.45) is -3.62. The number of ether oxygens (including phenoxy) is 1. The Kier molecular flexibility index (Phi) is 7.24. The van der Waals surface area contributed by atoms with Crippen LogP contribution in [0.1, 0.15) is 16.7 Å². The standard InChI is InChI=1S/C20H23F3N2O2/c1-25(13-16-3-7-17(8-4-16)20(21,22)23)14-19(26)24-12-11-15-5-9-18(27-2)10-6-15/h3-10H,11-14H2,1-2H3,(H,24,26)/p+1. The summed E-state index contributed by atoms with van der Waals surface area (Å²) in [5, 5.41) is 2.87. The van der Waals surface area contributed by atoms with Gasteiger partial charge in [0.15, 0.2) is 6.54 Å². The third-order valence-electron chi connectivity index (χ3n) is 4.14. The van der Waals surface area contributed by atoms with E-state index >= 15 is 0 Å². The maximum atomic E-state index is 12.6. The third kappa shape index (κ3) is 6.94. The lowest BCUT2D eigenvalue weighted by Gasteiger charge is -2.14. The van der Waals surface area contributed by atoms with Gasteiger partial charge in [-0.15, -0.1) is 0 Å². The number of quaternary nitrogens is 1. The molecule has 0 aliphatic rings. The molecule has 0 radical (unpaired) electrons. The molecular weight excluding hydrogens is 357 g/mol. The van der Waals surface area contributed by atoms with E-state index in [9.17, 15) is 18.0 Å². The summed E-state index contributed by atoms with van der Waals surface area (Å²) >= 11 is 0. The minimum Gasteiger partial charge on any atom is -0.497 e. The van der Waals surface area contributed by atoms with Gasteiger partial charge in [-0.3, -0.25) is 4.79 Å². The first-order chi connectivity index (χ1) is 12.8.